The summed E-state index contributed by atoms with van der Waals surface area (Å²) in [6, 6.07) is 22.4. The highest BCUT2D eigenvalue weighted by Crippen LogP contribution is 2.20. The van der Waals surface area contributed by atoms with E-state index in [2.05, 4.69) is 39.7 Å². The van der Waals surface area contributed by atoms with Gasteiger partial charge in [-0.3, -0.25) is 9.69 Å². The van der Waals surface area contributed by atoms with Gasteiger partial charge in [0.05, 0.1) is 6.21 Å². The molecular formula is C24H22FN3O. The van der Waals surface area contributed by atoms with Crippen molar-refractivity contribution < 1.29 is 9.18 Å². The molecule has 0 saturated heterocycles. The van der Waals surface area contributed by atoms with Crippen molar-refractivity contribution in [3.8, 4) is 0 Å². The fourth-order valence-electron chi connectivity index (χ4n) is 3.51. The smallest absolute Gasteiger partial charge is 0.271 e. The van der Waals surface area contributed by atoms with Crippen LogP contribution in [-0.2, 0) is 19.5 Å². The van der Waals surface area contributed by atoms with Gasteiger partial charge in [0, 0.05) is 30.8 Å². The number of nitrogens with zero attached hydrogens (tertiary/aromatic N) is 2. The van der Waals surface area contributed by atoms with Gasteiger partial charge in [0.25, 0.3) is 5.91 Å². The SMILES string of the molecule is O=C(NN=Cc1ccccc1F)c1ccc(CN2CCc3ccccc3C2)cc1. The van der Waals surface area contributed by atoms with E-state index in [0.717, 1.165) is 31.6 Å². The normalized spacial score (nSPS) is 14.0. The van der Waals surface area contributed by atoms with Crippen LogP contribution in [0.5, 0.6) is 0 Å². The molecule has 1 aliphatic heterocycles. The second-order valence-electron chi connectivity index (χ2n) is 7.15. The van der Waals surface area contributed by atoms with Gasteiger partial charge < -0.3 is 0 Å². The van der Waals surface area contributed by atoms with Crippen LogP contribution >= 0.6 is 0 Å². The van der Waals surface area contributed by atoms with Crippen LogP contribution in [0.2, 0.25) is 0 Å². The van der Waals surface area contributed by atoms with Gasteiger partial charge in [-0.2, -0.15) is 5.10 Å². The summed E-state index contributed by atoms with van der Waals surface area (Å²) in [5.74, 6) is -0.703. The Morgan fingerprint density at radius 2 is 1.72 bits per heavy atom. The molecule has 0 unspecified atom stereocenters. The van der Waals surface area contributed by atoms with Crippen LogP contribution in [-0.4, -0.2) is 23.6 Å². The van der Waals surface area contributed by atoms with Gasteiger partial charge in [0.15, 0.2) is 0 Å². The zero-order chi connectivity index (χ0) is 20.1. The summed E-state index contributed by atoms with van der Waals surface area (Å²) in [5.41, 5.74) is 7.27. The monoisotopic (exact) mass is 387 g/mol. The van der Waals surface area contributed by atoms with Crippen molar-refractivity contribution in [2.45, 2.75) is 19.5 Å². The number of hydrogen-bond acceptors (Lipinski definition) is 3. The van der Waals surface area contributed by atoms with E-state index in [0.29, 0.717) is 11.1 Å². The molecule has 4 rings (SSSR count). The molecule has 0 bridgehead atoms. The summed E-state index contributed by atoms with van der Waals surface area (Å²) in [7, 11) is 0. The molecule has 1 N–H and O–H groups in total. The minimum Gasteiger partial charge on any atom is -0.294 e. The Kier molecular flexibility index (Phi) is 5.77. The van der Waals surface area contributed by atoms with Gasteiger partial charge in [-0.25, -0.2) is 9.82 Å². The molecule has 0 aliphatic carbocycles. The van der Waals surface area contributed by atoms with E-state index in [4.69, 9.17) is 0 Å². The summed E-state index contributed by atoms with van der Waals surface area (Å²) in [5, 5.41) is 3.84. The van der Waals surface area contributed by atoms with E-state index in [9.17, 15) is 9.18 Å². The molecule has 146 valence electrons. The second-order valence-corrected chi connectivity index (χ2v) is 7.15. The molecule has 0 spiro atoms. The Balaban J connectivity index is 1.33. The molecular weight excluding hydrogens is 365 g/mol. The minimum atomic E-state index is -0.379. The Labute approximate surface area is 169 Å². The average molecular weight is 387 g/mol. The predicted molar refractivity (Wildman–Crippen MR) is 112 cm³/mol. The highest BCUT2D eigenvalue weighted by Gasteiger charge is 2.15. The number of benzene rings is 3. The molecule has 3 aromatic rings. The molecule has 0 saturated carbocycles. The van der Waals surface area contributed by atoms with E-state index in [1.807, 2.05) is 12.1 Å². The maximum Gasteiger partial charge on any atom is 0.271 e. The number of nitrogens with one attached hydrogen (secondary N) is 1. The number of halogens is 1. The van der Waals surface area contributed by atoms with E-state index in [-0.39, 0.29) is 11.7 Å². The molecule has 29 heavy (non-hydrogen) atoms. The largest absolute Gasteiger partial charge is 0.294 e. The standard InChI is InChI=1S/C24H22FN3O/c25-23-8-4-3-6-21(23)15-26-27-24(29)20-11-9-18(10-12-20)16-28-14-13-19-5-1-2-7-22(19)17-28/h1-12,15H,13-14,16-17H2,(H,27,29). The van der Waals surface area contributed by atoms with Gasteiger partial charge in [-0.1, -0.05) is 54.6 Å². The van der Waals surface area contributed by atoms with Gasteiger partial charge in [0.2, 0.25) is 0 Å². The lowest BCUT2D eigenvalue weighted by Crippen LogP contribution is -2.30. The molecule has 1 aliphatic rings. The first-order chi connectivity index (χ1) is 14.2. The lowest BCUT2D eigenvalue weighted by Gasteiger charge is -2.28. The van der Waals surface area contributed by atoms with E-state index >= 15 is 0 Å². The maximum atomic E-state index is 13.5. The summed E-state index contributed by atoms with van der Waals surface area (Å²) in [4.78, 5) is 14.6. The summed E-state index contributed by atoms with van der Waals surface area (Å²) in [6.45, 7) is 2.83. The second kappa shape index (κ2) is 8.80. The third-order valence-electron chi connectivity index (χ3n) is 5.11. The first kappa shape index (κ1) is 19.0. The fraction of sp³-hybridized carbons (Fsp3) is 0.167. The van der Waals surface area contributed by atoms with Crippen molar-refractivity contribution in [1.29, 1.82) is 0 Å². The number of fused-ring (bicyclic) bond motifs is 1. The van der Waals surface area contributed by atoms with Crippen molar-refractivity contribution in [2.24, 2.45) is 5.10 Å². The van der Waals surface area contributed by atoms with Crippen molar-refractivity contribution in [2.75, 3.05) is 6.54 Å². The van der Waals surface area contributed by atoms with Crippen molar-refractivity contribution in [3.63, 3.8) is 0 Å². The van der Waals surface area contributed by atoms with Crippen LogP contribution in [0, 0.1) is 5.82 Å². The first-order valence-corrected chi connectivity index (χ1v) is 9.65. The van der Waals surface area contributed by atoms with Gasteiger partial charge >= 0.3 is 0 Å². The lowest BCUT2D eigenvalue weighted by molar-refractivity contribution is 0.0955. The molecule has 1 amide bonds. The Bertz CT molecular complexity index is 1030. The summed E-state index contributed by atoms with van der Waals surface area (Å²) in [6.07, 6.45) is 2.37. The van der Waals surface area contributed by atoms with Crippen LogP contribution in [0.3, 0.4) is 0 Å². The lowest BCUT2D eigenvalue weighted by atomic mass is 9.99. The van der Waals surface area contributed by atoms with Gasteiger partial charge in [-0.15, -0.1) is 0 Å². The van der Waals surface area contributed by atoms with Crippen LogP contribution in [0.15, 0.2) is 77.9 Å². The Hall–Kier alpha value is -3.31. The molecule has 0 radical (unpaired) electrons. The number of carbonyl (C=O) groups is 1. The topological polar surface area (TPSA) is 44.7 Å². The Morgan fingerprint density at radius 1 is 1.00 bits per heavy atom. The summed E-state index contributed by atoms with van der Waals surface area (Å²) < 4.78 is 13.5. The highest BCUT2D eigenvalue weighted by molar-refractivity contribution is 5.94. The number of hydrogen-bond donors (Lipinski definition) is 1. The quantitative estimate of drug-likeness (QED) is 0.528. The van der Waals surface area contributed by atoms with Crippen molar-refractivity contribution in [3.05, 3.63) is 106 Å². The molecule has 0 aromatic heterocycles. The van der Waals surface area contributed by atoms with E-state index < -0.39 is 0 Å². The minimum absolute atomic E-state index is 0.323. The molecule has 0 atom stereocenters. The first-order valence-electron chi connectivity index (χ1n) is 9.65. The number of hydrazone groups is 1. The van der Waals surface area contributed by atoms with Gasteiger partial charge in [0.1, 0.15) is 5.82 Å². The van der Waals surface area contributed by atoms with Crippen molar-refractivity contribution in [1.82, 2.24) is 10.3 Å². The number of amides is 1. The van der Waals surface area contributed by atoms with Crippen LogP contribution in [0.25, 0.3) is 0 Å². The number of rotatable bonds is 5. The molecule has 4 nitrogen and oxygen atoms in total. The average Bonchev–Trinajstić information content (AvgIpc) is 2.75. The molecule has 0 fully saturated rings. The summed E-state index contributed by atoms with van der Waals surface area (Å²) >= 11 is 0. The van der Waals surface area contributed by atoms with E-state index in [1.54, 1.807) is 30.3 Å². The fourth-order valence-corrected chi connectivity index (χ4v) is 3.51. The molecule has 3 aromatic carbocycles. The zero-order valence-electron chi connectivity index (χ0n) is 16.0. The van der Waals surface area contributed by atoms with Crippen LogP contribution in [0.1, 0.15) is 32.6 Å². The van der Waals surface area contributed by atoms with Crippen LogP contribution in [0.4, 0.5) is 4.39 Å². The third kappa shape index (κ3) is 4.76. The molecule has 1 heterocycles. The highest BCUT2D eigenvalue weighted by atomic mass is 19.1. The zero-order valence-corrected chi connectivity index (χ0v) is 16.0. The Morgan fingerprint density at radius 3 is 2.52 bits per heavy atom. The molecule has 5 heteroatoms. The predicted octanol–water partition coefficient (Wildman–Crippen LogP) is 4.15. The van der Waals surface area contributed by atoms with Gasteiger partial charge in [-0.05, 0) is 41.3 Å². The van der Waals surface area contributed by atoms with E-state index in [1.165, 1.54) is 23.4 Å². The third-order valence-corrected chi connectivity index (χ3v) is 5.11. The number of carbonyl (C=O) groups excluding carboxylic acids is 1. The van der Waals surface area contributed by atoms with Crippen molar-refractivity contribution >= 4 is 12.1 Å². The van der Waals surface area contributed by atoms with Crippen LogP contribution < -0.4 is 5.43 Å². The maximum absolute atomic E-state index is 13.5.